The zero-order chi connectivity index (χ0) is 16.8. The molecule has 0 atom stereocenters. The molecule has 0 radical (unpaired) electrons. The highest BCUT2D eigenvalue weighted by Gasteiger charge is 2.17. The van der Waals surface area contributed by atoms with Gasteiger partial charge in [0.2, 0.25) is 5.91 Å². The number of aromatic nitrogens is 2. The summed E-state index contributed by atoms with van der Waals surface area (Å²) in [6.45, 7) is 3.98. The highest BCUT2D eigenvalue weighted by atomic mass is 16.2. The Balaban J connectivity index is 2.18. The first-order valence-electron chi connectivity index (χ1n) is 8.20. The smallest absolute Gasteiger partial charge is 0.295 e. The summed E-state index contributed by atoms with van der Waals surface area (Å²) >= 11 is 0. The van der Waals surface area contributed by atoms with E-state index in [1.165, 1.54) is 0 Å². The Hall–Kier alpha value is -2.30. The van der Waals surface area contributed by atoms with Gasteiger partial charge in [0.1, 0.15) is 5.69 Å². The second-order valence-corrected chi connectivity index (χ2v) is 5.80. The van der Waals surface area contributed by atoms with Crippen molar-refractivity contribution in [2.75, 3.05) is 5.32 Å². The number of anilines is 1. The lowest BCUT2D eigenvalue weighted by Crippen LogP contribution is -2.22. The third-order valence-electron chi connectivity index (χ3n) is 4.08. The molecule has 1 N–H and O–H groups in total. The number of rotatable bonds is 7. The van der Waals surface area contributed by atoms with E-state index in [2.05, 4.69) is 12.2 Å². The van der Waals surface area contributed by atoms with E-state index < -0.39 is 0 Å². The molecule has 124 valence electrons. The summed E-state index contributed by atoms with van der Waals surface area (Å²) in [4.78, 5) is 24.7. The summed E-state index contributed by atoms with van der Waals surface area (Å²) in [5.74, 6) is -0.0906. The predicted molar refractivity (Wildman–Crippen MR) is 93.1 cm³/mol. The summed E-state index contributed by atoms with van der Waals surface area (Å²) in [5, 5.41) is 2.79. The number of nitrogens with zero attached hydrogens (tertiary/aromatic N) is 2. The number of carbonyl (C=O) groups is 1. The first-order valence-corrected chi connectivity index (χ1v) is 8.20. The Kier molecular flexibility index (Phi) is 5.79. The molecule has 1 aromatic carbocycles. The zero-order valence-electron chi connectivity index (χ0n) is 14.1. The van der Waals surface area contributed by atoms with Gasteiger partial charge in [-0.25, -0.2) is 4.68 Å². The molecule has 0 fully saturated rings. The topological polar surface area (TPSA) is 56.0 Å². The molecule has 1 aromatic heterocycles. The van der Waals surface area contributed by atoms with Gasteiger partial charge in [-0.05, 0) is 25.5 Å². The normalized spacial score (nSPS) is 10.7. The summed E-state index contributed by atoms with van der Waals surface area (Å²) < 4.78 is 3.34. The van der Waals surface area contributed by atoms with E-state index in [-0.39, 0.29) is 11.5 Å². The molecule has 0 unspecified atom stereocenters. The standard InChI is InChI=1S/C18H25N3O2/c1-4-5-6-10-13-16(22)19-17-14(2)20(3)21(18(17)23)15-11-8-7-9-12-15/h7-9,11-12H,4-6,10,13H2,1-3H3,(H,19,22). The number of nitrogens with one attached hydrogen (secondary N) is 1. The number of benzene rings is 1. The quantitative estimate of drug-likeness (QED) is 0.796. The molecule has 0 aliphatic carbocycles. The first-order chi connectivity index (χ1) is 11.1. The van der Waals surface area contributed by atoms with Crippen LogP contribution in [0.15, 0.2) is 35.1 Å². The van der Waals surface area contributed by atoms with Crippen LogP contribution in [0, 0.1) is 6.92 Å². The van der Waals surface area contributed by atoms with E-state index in [1.807, 2.05) is 44.3 Å². The second kappa shape index (κ2) is 7.81. The Bertz CT molecular complexity index is 714. The van der Waals surface area contributed by atoms with Crippen LogP contribution in [0.1, 0.15) is 44.7 Å². The fourth-order valence-corrected chi connectivity index (χ4v) is 2.63. The van der Waals surface area contributed by atoms with Crippen molar-refractivity contribution >= 4 is 11.6 Å². The summed E-state index contributed by atoms with van der Waals surface area (Å²) in [7, 11) is 1.82. The zero-order valence-corrected chi connectivity index (χ0v) is 14.1. The van der Waals surface area contributed by atoms with Crippen LogP contribution < -0.4 is 10.9 Å². The van der Waals surface area contributed by atoms with E-state index in [0.29, 0.717) is 12.1 Å². The van der Waals surface area contributed by atoms with Gasteiger partial charge in [-0.15, -0.1) is 0 Å². The van der Waals surface area contributed by atoms with Crippen LogP contribution in [-0.4, -0.2) is 15.3 Å². The number of unbranched alkanes of at least 4 members (excludes halogenated alkanes) is 3. The van der Waals surface area contributed by atoms with Crippen molar-refractivity contribution in [1.29, 1.82) is 0 Å². The minimum absolute atomic E-state index is 0.0906. The fraction of sp³-hybridized carbons (Fsp3) is 0.444. The van der Waals surface area contributed by atoms with Crippen LogP contribution >= 0.6 is 0 Å². The highest BCUT2D eigenvalue weighted by Crippen LogP contribution is 2.14. The predicted octanol–water partition coefficient (Wildman–Crippen LogP) is 3.39. The van der Waals surface area contributed by atoms with Gasteiger partial charge < -0.3 is 5.32 Å². The average molecular weight is 315 g/mol. The summed E-state index contributed by atoms with van der Waals surface area (Å²) in [5.41, 5.74) is 1.71. The molecule has 0 spiro atoms. The van der Waals surface area contributed by atoms with Crippen molar-refractivity contribution in [2.24, 2.45) is 7.05 Å². The lowest BCUT2D eigenvalue weighted by atomic mass is 10.1. The minimum atomic E-state index is -0.196. The van der Waals surface area contributed by atoms with Crippen molar-refractivity contribution in [1.82, 2.24) is 9.36 Å². The number of amides is 1. The van der Waals surface area contributed by atoms with Gasteiger partial charge >= 0.3 is 0 Å². The van der Waals surface area contributed by atoms with Gasteiger partial charge in [-0.2, -0.15) is 0 Å². The van der Waals surface area contributed by atoms with Crippen molar-refractivity contribution < 1.29 is 4.79 Å². The van der Waals surface area contributed by atoms with Crippen LogP contribution in [0.3, 0.4) is 0 Å². The number of hydrogen-bond acceptors (Lipinski definition) is 2. The molecule has 2 aromatic rings. The molecule has 0 aliphatic heterocycles. The van der Waals surface area contributed by atoms with Gasteiger partial charge in [0, 0.05) is 13.5 Å². The number of carbonyl (C=O) groups excluding carboxylic acids is 1. The van der Waals surface area contributed by atoms with Crippen molar-refractivity contribution in [2.45, 2.75) is 46.0 Å². The monoisotopic (exact) mass is 315 g/mol. The van der Waals surface area contributed by atoms with Gasteiger partial charge in [-0.3, -0.25) is 14.3 Å². The summed E-state index contributed by atoms with van der Waals surface area (Å²) in [6.07, 6.45) is 4.64. The van der Waals surface area contributed by atoms with Crippen LogP contribution in [-0.2, 0) is 11.8 Å². The Morgan fingerprint density at radius 1 is 1.13 bits per heavy atom. The Morgan fingerprint density at radius 2 is 1.83 bits per heavy atom. The Morgan fingerprint density at radius 3 is 2.48 bits per heavy atom. The van der Waals surface area contributed by atoms with Crippen molar-refractivity contribution in [3.8, 4) is 5.69 Å². The molecule has 0 saturated carbocycles. The lowest BCUT2D eigenvalue weighted by molar-refractivity contribution is -0.116. The van der Waals surface area contributed by atoms with Crippen LogP contribution in [0.4, 0.5) is 5.69 Å². The number of para-hydroxylation sites is 1. The van der Waals surface area contributed by atoms with Gasteiger partial charge in [0.05, 0.1) is 11.4 Å². The molecule has 5 nitrogen and oxygen atoms in total. The van der Waals surface area contributed by atoms with Gasteiger partial charge in [0.25, 0.3) is 5.56 Å². The molecule has 0 saturated heterocycles. The summed E-state index contributed by atoms with van der Waals surface area (Å²) in [6, 6.07) is 9.42. The molecule has 0 bridgehead atoms. The van der Waals surface area contributed by atoms with E-state index in [0.717, 1.165) is 37.1 Å². The SMILES string of the molecule is CCCCCCC(=O)Nc1c(C)n(C)n(-c2ccccc2)c1=O. The molecule has 23 heavy (non-hydrogen) atoms. The van der Waals surface area contributed by atoms with E-state index in [4.69, 9.17) is 0 Å². The van der Waals surface area contributed by atoms with Gasteiger partial charge in [-0.1, -0.05) is 44.4 Å². The molecular weight excluding hydrogens is 290 g/mol. The van der Waals surface area contributed by atoms with Crippen LogP contribution in [0.2, 0.25) is 0 Å². The maximum absolute atomic E-state index is 12.7. The molecule has 0 aliphatic rings. The minimum Gasteiger partial charge on any atom is -0.320 e. The Labute approximate surface area is 136 Å². The molecule has 1 heterocycles. The number of hydrogen-bond donors (Lipinski definition) is 1. The third kappa shape index (κ3) is 3.92. The van der Waals surface area contributed by atoms with E-state index in [1.54, 1.807) is 9.36 Å². The maximum atomic E-state index is 12.7. The van der Waals surface area contributed by atoms with E-state index >= 15 is 0 Å². The average Bonchev–Trinajstić information content (AvgIpc) is 2.76. The second-order valence-electron chi connectivity index (χ2n) is 5.80. The van der Waals surface area contributed by atoms with Crippen LogP contribution in [0.25, 0.3) is 5.69 Å². The molecule has 2 rings (SSSR count). The van der Waals surface area contributed by atoms with Crippen LogP contribution in [0.5, 0.6) is 0 Å². The van der Waals surface area contributed by atoms with E-state index in [9.17, 15) is 9.59 Å². The molecular formula is C18H25N3O2. The molecule has 5 heteroatoms. The highest BCUT2D eigenvalue weighted by molar-refractivity contribution is 5.91. The third-order valence-corrected chi connectivity index (χ3v) is 4.08. The maximum Gasteiger partial charge on any atom is 0.295 e. The first kappa shape index (κ1) is 17.1. The fourth-order valence-electron chi connectivity index (χ4n) is 2.63. The van der Waals surface area contributed by atoms with Gasteiger partial charge in [0.15, 0.2) is 0 Å². The largest absolute Gasteiger partial charge is 0.320 e. The molecule has 1 amide bonds. The lowest BCUT2D eigenvalue weighted by Gasteiger charge is -2.07. The van der Waals surface area contributed by atoms with Crippen molar-refractivity contribution in [3.63, 3.8) is 0 Å². The van der Waals surface area contributed by atoms with Crippen molar-refractivity contribution in [3.05, 3.63) is 46.4 Å².